The molecule has 1 aromatic rings. The van der Waals surface area contributed by atoms with Crippen molar-refractivity contribution < 1.29 is 8.42 Å². The molecule has 0 saturated carbocycles. The van der Waals surface area contributed by atoms with E-state index in [1.165, 1.54) is 0 Å². The molecule has 0 aliphatic heterocycles. The zero-order chi connectivity index (χ0) is 12.3. The van der Waals surface area contributed by atoms with Crippen molar-refractivity contribution in [3.8, 4) is 0 Å². The highest BCUT2D eigenvalue weighted by molar-refractivity contribution is 7.90. The lowest BCUT2D eigenvalue weighted by atomic mass is 10.1. The zero-order valence-corrected chi connectivity index (χ0v) is 11.1. The predicted octanol–water partition coefficient (Wildman–Crippen LogP) is 2.73. The van der Waals surface area contributed by atoms with Crippen LogP contribution in [0.1, 0.15) is 32.4 Å². The number of halogens is 1. The molecular weight excluding hydrogens is 246 g/mol. The Morgan fingerprint density at radius 3 is 2.06 bits per heavy atom. The standard InChI is InChI=1S/C11H16ClNO2S/c1-8(2)16(14,15)13-9(3)10-4-6-11(12)7-5-10/h4-9,13H,1-3H3/t9-/m0/s1. The summed E-state index contributed by atoms with van der Waals surface area (Å²) in [6, 6.07) is 6.88. The second-order valence-corrected chi connectivity index (χ2v) is 6.69. The van der Waals surface area contributed by atoms with Gasteiger partial charge in [-0.2, -0.15) is 0 Å². The predicted molar refractivity (Wildman–Crippen MR) is 67.1 cm³/mol. The van der Waals surface area contributed by atoms with Crippen LogP contribution < -0.4 is 4.72 Å². The van der Waals surface area contributed by atoms with Gasteiger partial charge in [-0.25, -0.2) is 13.1 Å². The molecule has 1 rings (SSSR count). The van der Waals surface area contributed by atoms with Crippen LogP contribution in [0.25, 0.3) is 0 Å². The van der Waals surface area contributed by atoms with E-state index in [-0.39, 0.29) is 6.04 Å². The first-order chi connectivity index (χ1) is 7.33. The largest absolute Gasteiger partial charge is 0.214 e. The van der Waals surface area contributed by atoms with Gasteiger partial charge in [-0.3, -0.25) is 0 Å². The van der Waals surface area contributed by atoms with Gasteiger partial charge in [0.25, 0.3) is 0 Å². The molecule has 0 amide bonds. The van der Waals surface area contributed by atoms with Crippen molar-refractivity contribution in [2.24, 2.45) is 0 Å². The van der Waals surface area contributed by atoms with Gasteiger partial charge in [0.15, 0.2) is 0 Å². The molecule has 0 bridgehead atoms. The topological polar surface area (TPSA) is 46.2 Å². The number of sulfonamides is 1. The zero-order valence-electron chi connectivity index (χ0n) is 9.57. The van der Waals surface area contributed by atoms with Crippen LogP contribution >= 0.6 is 11.6 Å². The molecule has 5 heteroatoms. The van der Waals surface area contributed by atoms with E-state index in [9.17, 15) is 8.42 Å². The SMILES string of the molecule is CC(C)S(=O)(=O)N[C@@H](C)c1ccc(Cl)cc1. The van der Waals surface area contributed by atoms with Gasteiger partial charge in [0.05, 0.1) is 5.25 Å². The summed E-state index contributed by atoms with van der Waals surface area (Å²) in [4.78, 5) is 0. The second-order valence-electron chi connectivity index (χ2n) is 3.98. The smallest absolute Gasteiger partial charge is 0.212 e. The summed E-state index contributed by atoms with van der Waals surface area (Å²) in [5.74, 6) is 0. The lowest BCUT2D eigenvalue weighted by Crippen LogP contribution is -2.32. The lowest BCUT2D eigenvalue weighted by Gasteiger charge is -2.16. The quantitative estimate of drug-likeness (QED) is 0.906. The van der Waals surface area contributed by atoms with Crippen LogP contribution in [0.2, 0.25) is 5.02 Å². The molecule has 0 aliphatic carbocycles. The fourth-order valence-electron chi connectivity index (χ4n) is 1.20. The van der Waals surface area contributed by atoms with E-state index in [1.54, 1.807) is 26.0 Å². The van der Waals surface area contributed by atoms with Crippen LogP contribution in [-0.4, -0.2) is 13.7 Å². The first-order valence-corrected chi connectivity index (χ1v) is 7.02. The van der Waals surface area contributed by atoms with Crippen LogP contribution in [-0.2, 0) is 10.0 Å². The van der Waals surface area contributed by atoms with Gasteiger partial charge >= 0.3 is 0 Å². The van der Waals surface area contributed by atoms with Crippen LogP contribution in [0.15, 0.2) is 24.3 Å². The lowest BCUT2D eigenvalue weighted by molar-refractivity contribution is 0.558. The molecule has 0 heterocycles. The molecular formula is C11H16ClNO2S. The Bertz CT molecular complexity index is 440. The molecule has 0 radical (unpaired) electrons. The number of nitrogens with one attached hydrogen (secondary N) is 1. The summed E-state index contributed by atoms with van der Waals surface area (Å²) >= 11 is 5.76. The Hall–Kier alpha value is -0.580. The molecule has 1 N–H and O–H groups in total. The van der Waals surface area contributed by atoms with Crippen LogP contribution in [0.4, 0.5) is 0 Å². The number of benzene rings is 1. The van der Waals surface area contributed by atoms with E-state index in [0.29, 0.717) is 5.02 Å². The summed E-state index contributed by atoms with van der Waals surface area (Å²) in [6.45, 7) is 5.11. The van der Waals surface area contributed by atoms with Gasteiger partial charge in [0.1, 0.15) is 0 Å². The molecule has 1 atom stereocenters. The van der Waals surface area contributed by atoms with Crippen LogP contribution in [0, 0.1) is 0 Å². The van der Waals surface area contributed by atoms with Crippen molar-refractivity contribution in [1.82, 2.24) is 4.72 Å². The average Bonchev–Trinajstić information content (AvgIpc) is 2.17. The minimum atomic E-state index is -3.24. The van der Waals surface area contributed by atoms with E-state index >= 15 is 0 Å². The Labute approximate surface area is 102 Å². The molecule has 1 aromatic carbocycles. The third-order valence-electron chi connectivity index (χ3n) is 2.33. The van der Waals surface area contributed by atoms with E-state index in [4.69, 9.17) is 11.6 Å². The third-order valence-corrected chi connectivity index (χ3v) is 4.51. The molecule has 0 saturated heterocycles. The maximum atomic E-state index is 11.6. The van der Waals surface area contributed by atoms with Crippen molar-refractivity contribution in [2.75, 3.05) is 0 Å². The van der Waals surface area contributed by atoms with Crippen molar-refractivity contribution >= 4 is 21.6 Å². The molecule has 0 unspecified atom stereocenters. The highest BCUT2D eigenvalue weighted by atomic mass is 35.5. The average molecular weight is 262 g/mol. The summed E-state index contributed by atoms with van der Waals surface area (Å²) < 4.78 is 25.9. The first kappa shape index (κ1) is 13.5. The normalized spacial score (nSPS) is 14.1. The van der Waals surface area contributed by atoms with Crippen molar-refractivity contribution in [2.45, 2.75) is 32.1 Å². The first-order valence-electron chi connectivity index (χ1n) is 5.09. The van der Waals surface area contributed by atoms with E-state index < -0.39 is 15.3 Å². The summed E-state index contributed by atoms with van der Waals surface area (Å²) in [5, 5.41) is 0.213. The van der Waals surface area contributed by atoms with Crippen LogP contribution in [0.5, 0.6) is 0 Å². The molecule has 16 heavy (non-hydrogen) atoms. The Kier molecular flexibility index (Phi) is 4.35. The number of hydrogen-bond donors (Lipinski definition) is 1. The van der Waals surface area contributed by atoms with E-state index in [1.807, 2.05) is 19.1 Å². The van der Waals surface area contributed by atoms with Gasteiger partial charge in [-0.15, -0.1) is 0 Å². The number of hydrogen-bond acceptors (Lipinski definition) is 2. The van der Waals surface area contributed by atoms with Crippen molar-refractivity contribution in [1.29, 1.82) is 0 Å². The molecule has 90 valence electrons. The summed E-state index contributed by atoms with van der Waals surface area (Å²) in [7, 11) is -3.24. The Morgan fingerprint density at radius 2 is 1.62 bits per heavy atom. The highest BCUT2D eigenvalue weighted by Crippen LogP contribution is 2.17. The molecule has 0 aliphatic rings. The van der Waals surface area contributed by atoms with Gasteiger partial charge in [0.2, 0.25) is 10.0 Å². The Morgan fingerprint density at radius 1 is 1.12 bits per heavy atom. The van der Waals surface area contributed by atoms with Gasteiger partial charge in [-0.1, -0.05) is 23.7 Å². The maximum Gasteiger partial charge on any atom is 0.214 e. The van der Waals surface area contributed by atoms with E-state index in [0.717, 1.165) is 5.56 Å². The maximum absolute atomic E-state index is 11.6. The van der Waals surface area contributed by atoms with Crippen molar-refractivity contribution in [3.05, 3.63) is 34.9 Å². The van der Waals surface area contributed by atoms with E-state index in [2.05, 4.69) is 4.72 Å². The minimum absolute atomic E-state index is 0.246. The fraction of sp³-hybridized carbons (Fsp3) is 0.455. The fourth-order valence-corrected chi connectivity index (χ4v) is 2.23. The summed E-state index contributed by atoms with van der Waals surface area (Å²) in [6.07, 6.45) is 0. The molecule has 3 nitrogen and oxygen atoms in total. The summed E-state index contributed by atoms with van der Waals surface area (Å²) in [5.41, 5.74) is 0.897. The van der Waals surface area contributed by atoms with Gasteiger partial charge in [0, 0.05) is 11.1 Å². The molecule has 0 fully saturated rings. The minimum Gasteiger partial charge on any atom is -0.212 e. The third kappa shape index (κ3) is 3.47. The Balaban J connectivity index is 2.81. The second kappa shape index (κ2) is 5.17. The van der Waals surface area contributed by atoms with Crippen molar-refractivity contribution in [3.63, 3.8) is 0 Å². The number of rotatable bonds is 4. The van der Waals surface area contributed by atoms with Crippen LogP contribution in [0.3, 0.4) is 0 Å². The highest BCUT2D eigenvalue weighted by Gasteiger charge is 2.19. The molecule has 0 aromatic heterocycles. The molecule has 0 spiro atoms. The van der Waals surface area contributed by atoms with Gasteiger partial charge < -0.3 is 0 Å². The monoisotopic (exact) mass is 261 g/mol. The van der Waals surface area contributed by atoms with Gasteiger partial charge in [-0.05, 0) is 38.5 Å².